The summed E-state index contributed by atoms with van der Waals surface area (Å²) in [5.41, 5.74) is -1.71. The van der Waals surface area contributed by atoms with Crippen molar-refractivity contribution in [2.45, 2.75) is 26.7 Å². The predicted molar refractivity (Wildman–Crippen MR) is 59.2 cm³/mol. The topological polar surface area (TPSA) is 92.0 Å². The van der Waals surface area contributed by atoms with E-state index in [2.05, 4.69) is 4.74 Å². The lowest BCUT2D eigenvalue weighted by Crippen LogP contribution is -2.23. The number of nitrogens with one attached hydrogen (secondary N) is 2. The molecule has 0 unspecified atom stereocenters. The first-order valence-electron chi connectivity index (χ1n) is 5.14. The highest BCUT2D eigenvalue weighted by molar-refractivity contribution is 5.69. The molecule has 7 heteroatoms. The second-order valence-electron chi connectivity index (χ2n) is 2.97. The van der Waals surface area contributed by atoms with E-state index in [-0.39, 0.29) is 5.97 Å². The Bertz CT molecular complexity index is 444. The maximum Gasteiger partial charge on any atom is 0.325 e. The zero-order chi connectivity index (χ0) is 13.3. The van der Waals surface area contributed by atoms with E-state index in [1.807, 2.05) is 18.8 Å². The molecular formula is C10H15FN2O4. The van der Waals surface area contributed by atoms with Crippen LogP contribution in [0.2, 0.25) is 0 Å². The molecule has 1 aromatic rings. The van der Waals surface area contributed by atoms with Gasteiger partial charge in [0, 0.05) is 12.6 Å². The number of carbonyl (C=O) groups excluding carboxylic acids is 1. The minimum Gasteiger partial charge on any atom is -0.466 e. The maximum atomic E-state index is 12.0. The molecule has 0 atom stereocenters. The highest BCUT2D eigenvalue weighted by Crippen LogP contribution is 1.89. The lowest BCUT2D eigenvalue weighted by Gasteiger charge is -1.96. The molecule has 17 heavy (non-hydrogen) atoms. The number of H-pyrrole nitrogens is 2. The number of rotatable bonds is 3. The summed E-state index contributed by atoms with van der Waals surface area (Å²) in [7, 11) is 0. The molecule has 0 amide bonds. The number of esters is 1. The lowest BCUT2D eigenvalue weighted by atomic mass is 10.3. The van der Waals surface area contributed by atoms with Crippen LogP contribution < -0.4 is 11.2 Å². The summed E-state index contributed by atoms with van der Waals surface area (Å²) in [5.74, 6) is -1.08. The second-order valence-corrected chi connectivity index (χ2v) is 2.97. The van der Waals surface area contributed by atoms with Gasteiger partial charge in [-0.3, -0.25) is 14.6 Å². The first kappa shape index (κ1) is 15.1. The van der Waals surface area contributed by atoms with E-state index >= 15 is 0 Å². The first-order chi connectivity index (χ1) is 8.01. The van der Waals surface area contributed by atoms with E-state index in [1.165, 1.54) is 0 Å². The van der Waals surface area contributed by atoms with Crippen molar-refractivity contribution in [1.29, 1.82) is 0 Å². The Labute approximate surface area is 96.8 Å². The van der Waals surface area contributed by atoms with Crippen LogP contribution in [0.25, 0.3) is 0 Å². The summed E-state index contributed by atoms with van der Waals surface area (Å²) < 4.78 is 16.6. The predicted octanol–water partition coefficient (Wildman–Crippen LogP) is 0.552. The Morgan fingerprint density at radius 3 is 2.47 bits per heavy atom. The van der Waals surface area contributed by atoms with Gasteiger partial charge in [-0.2, -0.15) is 4.39 Å². The van der Waals surface area contributed by atoms with Crippen LogP contribution in [0.3, 0.4) is 0 Å². The smallest absolute Gasteiger partial charge is 0.325 e. The largest absolute Gasteiger partial charge is 0.466 e. The highest BCUT2D eigenvalue weighted by Gasteiger charge is 1.95. The van der Waals surface area contributed by atoms with E-state index in [1.54, 1.807) is 4.98 Å². The molecule has 0 aliphatic rings. The molecule has 0 bridgehead atoms. The van der Waals surface area contributed by atoms with Crippen molar-refractivity contribution in [3.8, 4) is 0 Å². The molecule has 0 saturated carbocycles. The van der Waals surface area contributed by atoms with Gasteiger partial charge >= 0.3 is 11.7 Å². The molecule has 6 nitrogen and oxygen atoms in total. The Morgan fingerprint density at radius 1 is 1.41 bits per heavy atom. The zero-order valence-electron chi connectivity index (χ0n) is 9.71. The van der Waals surface area contributed by atoms with Crippen molar-refractivity contribution in [2.24, 2.45) is 0 Å². The summed E-state index contributed by atoms with van der Waals surface area (Å²) in [6, 6.07) is 0. The third-order valence-electron chi connectivity index (χ3n) is 1.53. The maximum absolute atomic E-state index is 12.0. The van der Waals surface area contributed by atoms with Crippen LogP contribution in [0, 0.1) is 5.82 Å². The number of hydrogen-bond donors (Lipinski definition) is 2. The molecule has 1 rings (SSSR count). The van der Waals surface area contributed by atoms with Crippen LogP contribution in [-0.2, 0) is 9.53 Å². The van der Waals surface area contributed by atoms with Gasteiger partial charge < -0.3 is 9.72 Å². The summed E-state index contributed by atoms with van der Waals surface area (Å²) >= 11 is 0. The normalized spacial score (nSPS) is 9.12. The minimum atomic E-state index is -1.00. The van der Waals surface area contributed by atoms with Gasteiger partial charge in [-0.25, -0.2) is 4.79 Å². The Morgan fingerprint density at radius 2 is 2.06 bits per heavy atom. The summed E-state index contributed by atoms with van der Waals surface area (Å²) in [5, 5.41) is 0. The number of halogens is 1. The second kappa shape index (κ2) is 8.26. The molecule has 0 spiro atoms. The SMILES string of the molecule is CCCC(=O)OCC.O=c1[nH]cc(F)c(=O)[nH]1. The molecule has 0 radical (unpaired) electrons. The van der Waals surface area contributed by atoms with Crippen LogP contribution in [-0.4, -0.2) is 22.5 Å². The van der Waals surface area contributed by atoms with Crippen LogP contribution in [0.15, 0.2) is 15.8 Å². The molecule has 0 saturated heterocycles. The standard InChI is InChI=1S/C6H12O2.C4H3FN2O2/c1-3-5-6(7)8-4-2;5-2-1-6-4(9)7-3(2)8/h3-5H2,1-2H3;1H,(H2,6,7,8,9). The van der Waals surface area contributed by atoms with Crippen molar-refractivity contribution in [1.82, 2.24) is 9.97 Å². The molecule has 1 heterocycles. The van der Waals surface area contributed by atoms with Gasteiger partial charge in [0.25, 0.3) is 5.56 Å². The fourth-order valence-electron chi connectivity index (χ4n) is 0.831. The average Bonchev–Trinajstić information content (AvgIpc) is 2.26. The third kappa shape index (κ3) is 7.04. The van der Waals surface area contributed by atoms with Crippen LogP contribution >= 0.6 is 0 Å². The van der Waals surface area contributed by atoms with Crippen molar-refractivity contribution in [2.75, 3.05) is 6.61 Å². The molecule has 2 N–H and O–H groups in total. The number of carbonyl (C=O) groups is 1. The molecular weight excluding hydrogens is 231 g/mol. The quantitative estimate of drug-likeness (QED) is 0.762. The van der Waals surface area contributed by atoms with Gasteiger partial charge in [-0.15, -0.1) is 0 Å². The third-order valence-corrected chi connectivity index (χ3v) is 1.53. The number of hydrogen-bond acceptors (Lipinski definition) is 4. The lowest BCUT2D eigenvalue weighted by molar-refractivity contribution is -0.143. The first-order valence-corrected chi connectivity index (χ1v) is 5.14. The fourth-order valence-corrected chi connectivity index (χ4v) is 0.831. The molecule has 0 aliphatic heterocycles. The summed E-state index contributed by atoms with van der Waals surface area (Å²) in [6.07, 6.45) is 2.13. The molecule has 96 valence electrons. The van der Waals surface area contributed by atoms with Crippen LogP contribution in [0.5, 0.6) is 0 Å². The van der Waals surface area contributed by atoms with Crippen LogP contribution in [0.4, 0.5) is 4.39 Å². The van der Waals surface area contributed by atoms with Crippen molar-refractivity contribution in [3.63, 3.8) is 0 Å². The van der Waals surface area contributed by atoms with E-state index < -0.39 is 17.1 Å². The monoisotopic (exact) mass is 246 g/mol. The van der Waals surface area contributed by atoms with Gasteiger partial charge in [0.15, 0.2) is 0 Å². The Kier molecular flexibility index (Phi) is 7.32. The van der Waals surface area contributed by atoms with E-state index in [9.17, 15) is 18.8 Å². The fraction of sp³-hybridized carbons (Fsp3) is 0.500. The summed E-state index contributed by atoms with van der Waals surface area (Å²) in [6.45, 7) is 4.27. The summed E-state index contributed by atoms with van der Waals surface area (Å²) in [4.78, 5) is 34.4. The highest BCUT2D eigenvalue weighted by atomic mass is 19.1. The molecule has 1 aromatic heterocycles. The van der Waals surface area contributed by atoms with Gasteiger partial charge in [-0.05, 0) is 13.3 Å². The van der Waals surface area contributed by atoms with E-state index in [0.717, 1.165) is 6.42 Å². The molecule has 0 fully saturated rings. The van der Waals surface area contributed by atoms with Gasteiger partial charge in [-0.1, -0.05) is 6.92 Å². The minimum absolute atomic E-state index is 0.0880. The van der Waals surface area contributed by atoms with Crippen molar-refractivity contribution in [3.05, 3.63) is 32.9 Å². The Balaban J connectivity index is 0.000000304. The van der Waals surface area contributed by atoms with Gasteiger partial charge in [0.2, 0.25) is 5.82 Å². The Hall–Kier alpha value is -1.92. The van der Waals surface area contributed by atoms with E-state index in [4.69, 9.17) is 0 Å². The zero-order valence-corrected chi connectivity index (χ0v) is 9.71. The van der Waals surface area contributed by atoms with Gasteiger partial charge in [0.05, 0.1) is 6.61 Å². The van der Waals surface area contributed by atoms with Gasteiger partial charge in [0.1, 0.15) is 0 Å². The molecule has 0 aliphatic carbocycles. The van der Waals surface area contributed by atoms with E-state index in [0.29, 0.717) is 19.2 Å². The van der Waals surface area contributed by atoms with Crippen molar-refractivity contribution < 1.29 is 13.9 Å². The van der Waals surface area contributed by atoms with Crippen LogP contribution in [0.1, 0.15) is 26.7 Å². The number of aromatic nitrogens is 2. The number of ether oxygens (including phenoxy) is 1. The average molecular weight is 246 g/mol. The molecule has 0 aromatic carbocycles. The number of aromatic amines is 2. The van der Waals surface area contributed by atoms with Crippen molar-refractivity contribution >= 4 is 5.97 Å².